The number of benzene rings is 1. The molecule has 0 saturated heterocycles. The molecule has 0 fully saturated rings. The van der Waals surface area contributed by atoms with Crippen LogP contribution in [0.5, 0.6) is 0 Å². The quantitative estimate of drug-likeness (QED) is 0.851. The smallest absolute Gasteiger partial charge is 0.0223 e. The van der Waals surface area contributed by atoms with Gasteiger partial charge in [-0.1, -0.05) is 28.1 Å². The molecule has 2 nitrogen and oxygen atoms in total. The van der Waals surface area contributed by atoms with Crippen molar-refractivity contribution in [1.29, 1.82) is 0 Å². The van der Waals surface area contributed by atoms with Crippen LogP contribution in [-0.4, -0.2) is 10.6 Å². The molecule has 2 aromatic rings. The molecule has 0 aliphatic carbocycles. The van der Waals surface area contributed by atoms with Crippen molar-refractivity contribution in [3.8, 4) is 0 Å². The summed E-state index contributed by atoms with van der Waals surface area (Å²) in [5, 5.41) is 3.57. The molecule has 19 heavy (non-hydrogen) atoms. The number of hydrogen-bond acceptors (Lipinski definition) is 1. The average molecular weight is 321 g/mol. The van der Waals surface area contributed by atoms with Crippen molar-refractivity contribution in [3.63, 3.8) is 0 Å². The lowest BCUT2D eigenvalue weighted by atomic mass is 10.1. The molecule has 0 saturated carbocycles. The highest BCUT2D eigenvalue weighted by Crippen LogP contribution is 2.12. The Morgan fingerprint density at radius 3 is 2.53 bits per heavy atom. The van der Waals surface area contributed by atoms with Gasteiger partial charge < -0.3 is 9.88 Å². The molecule has 1 unspecified atom stereocenters. The normalized spacial score (nSPS) is 12.6. The number of nitrogens with one attached hydrogen (secondary N) is 1. The number of rotatable bonds is 6. The topological polar surface area (TPSA) is 17.0 Å². The summed E-state index contributed by atoms with van der Waals surface area (Å²) in [6.45, 7) is 6.37. The highest BCUT2D eigenvalue weighted by atomic mass is 79.9. The molecule has 0 aliphatic heterocycles. The number of aromatic nitrogens is 1. The Bertz CT molecular complexity index is 502. The van der Waals surface area contributed by atoms with Crippen LogP contribution in [0.3, 0.4) is 0 Å². The lowest BCUT2D eigenvalue weighted by Gasteiger charge is -2.13. The number of nitrogens with zero attached hydrogens (tertiary/aromatic N) is 1. The molecular formula is C16H21BrN2. The van der Waals surface area contributed by atoms with Crippen molar-refractivity contribution in [3.05, 3.63) is 58.3 Å². The predicted octanol–water partition coefficient (Wildman–Crippen LogP) is 3.99. The molecule has 102 valence electrons. The highest BCUT2D eigenvalue weighted by molar-refractivity contribution is 9.10. The molecule has 2 rings (SSSR count). The van der Waals surface area contributed by atoms with Crippen molar-refractivity contribution in [2.24, 2.45) is 0 Å². The molecule has 1 aromatic carbocycles. The van der Waals surface area contributed by atoms with Gasteiger partial charge in [-0.15, -0.1) is 0 Å². The summed E-state index contributed by atoms with van der Waals surface area (Å²) in [6, 6.07) is 11.2. The maximum atomic E-state index is 3.57. The Hall–Kier alpha value is -1.06. The second kappa shape index (κ2) is 6.92. The summed E-state index contributed by atoms with van der Waals surface area (Å²) in [6.07, 6.45) is 5.40. The van der Waals surface area contributed by atoms with Crippen LogP contribution < -0.4 is 5.32 Å². The van der Waals surface area contributed by atoms with Crippen LogP contribution in [-0.2, 0) is 19.5 Å². The Labute approximate surface area is 124 Å². The van der Waals surface area contributed by atoms with Crippen LogP contribution in [0.15, 0.2) is 47.2 Å². The van der Waals surface area contributed by atoms with Crippen molar-refractivity contribution < 1.29 is 0 Å². The molecule has 0 spiro atoms. The maximum Gasteiger partial charge on any atom is 0.0223 e. The summed E-state index contributed by atoms with van der Waals surface area (Å²) in [5.41, 5.74) is 2.72. The van der Waals surface area contributed by atoms with E-state index in [9.17, 15) is 0 Å². The van der Waals surface area contributed by atoms with Gasteiger partial charge in [-0.3, -0.25) is 0 Å². The summed E-state index contributed by atoms with van der Waals surface area (Å²) in [4.78, 5) is 0. The lowest BCUT2D eigenvalue weighted by molar-refractivity contribution is 0.545. The summed E-state index contributed by atoms with van der Waals surface area (Å²) in [5.74, 6) is 0. The molecule has 0 radical (unpaired) electrons. The van der Waals surface area contributed by atoms with Crippen LogP contribution in [0.25, 0.3) is 0 Å². The van der Waals surface area contributed by atoms with E-state index in [4.69, 9.17) is 0 Å². The first kappa shape index (κ1) is 14.4. The van der Waals surface area contributed by atoms with Crippen LogP contribution in [0.2, 0.25) is 0 Å². The van der Waals surface area contributed by atoms with E-state index in [1.807, 2.05) is 0 Å². The van der Waals surface area contributed by atoms with Crippen molar-refractivity contribution in [2.45, 2.75) is 39.4 Å². The molecule has 0 amide bonds. The summed E-state index contributed by atoms with van der Waals surface area (Å²) >= 11 is 3.46. The van der Waals surface area contributed by atoms with E-state index < -0.39 is 0 Å². The first-order chi connectivity index (χ1) is 9.17. The number of hydrogen-bond donors (Lipinski definition) is 1. The van der Waals surface area contributed by atoms with E-state index in [0.717, 1.165) is 24.0 Å². The number of halogens is 1. The zero-order chi connectivity index (χ0) is 13.7. The van der Waals surface area contributed by atoms with Gasteiger partial charge in [0.15, 0.2) is 0 Å². The Balaban J connectivity index is 1.81. The van der Waals surface area contributed by atoms with Crippen molar-refractivity contribution in [1.82, 2.24) is 9.88 Å². The Morgan fingerprint density at radius 1 is 1.16 bits per heavy atom. The monoisotopic (exact) mass is 320 g/mol. The molecule has 0 aliphatic rings. The first-order valence-electron chi connectivity index (χ1n) is 6.80. The summed E-state index contributed by atoms with van der Waals surface area (Å²) < 4.78 is 3.34. The molecule has 1 heterocycles. The van der Waals surface area contributed by atoms with E-state index in [1.165, 1.54) is 11.1 Å². The third-order valence-corrected chi connectivity index (χ3v) is 3.82. The van der Waals surface area contributed by atoms with Gasteiger partial charge in [0.2, 0.25) is 0 Å². The summed E-state index contributed by atoms with van der Waals surface area (Å²) in [7, 11) is 0. The second-order valence-electron chi connectivity index (χ2n) is 4.96. The van der Waals surface area contributed by atoms with E-state index in [1.54, 1.807) is 0 Å². The second-order valence-corrected chi connectivity index (χ2v) is 5.88. The van der Waals surface area contributed by atoms with Gasteiger partial charge in [-0.2, -0.15) is 0 Å². The van der Waals surface area contributed by atoms with Gasteiger partial charge in [0.05, 0.1) is 0 Å². The van der Waals surface area contributed by atoms with Gasteiger partial charge in [0.25, 0.3) is 0 Å². The van der Waals surface area contributed by atoms with Gasteiger partial charge in [0.1, 0.15) is 0 Å². The van der Waals surface area contributed by atoms with Gasteiger partial charge in [-0.05, 0) is 49.6 Å². The zero-order valence-corrected chi connectivity index (χ0v) is 13.2. The third-order valence-electron chi connectivity index (χ3n) is 3.29. The van der Waals surface area contributed by atoms with Crippen molar-refractivity contribution in [2.75, 3.05) is 0 Å². The van der Waals surface area contributed by atoms with Crippen LogP contribution in [0.1, 0.15) is 25.0 Å². The third kappa shape index (κ3) is 4.51. The molecular weight excluding hydrogens is 300 g/mol. The van der Waals surface area contributed by atoms with E-state index in [2.05, 4.69) is 82.4 Å². The van der Waals surface area contributed by atoms with Crippen LogP contribution >= 0.6 is 15.9 Å². The van der Waals surface area contributed by atoms with Crippen LogP contribution in [0, 0.1) is 0 Å². The van der Waals surface area contributed by atoms with E-state index in [-0.39, 0.29) is 0 Å². The minimum absolute atomic E-state index is 0.478. The predicted molar refractivity (Wildman–Crippen MR) is 84.3 cm³/mol. The minimum atomic E-state index is 0.478. The molecule has 3 heteroatoms. The average Bonchev–Trinajstić information content (AvgIpc) is 2.87. The number of aryl methyl sites for hydroxylation is 1. The largest absolute Gasteiger partial charge is 0.354 e. The fraction of sp³-hybridized carbons (Fsp3) is 0.375. The maximum absolute atomic E-state index is 3.57. The van der Waals surface area contributed by atoms with Gasteiger partial charge >= 0.3 is 0 Å². The highest BCUT2D eigenvalue weighted by Gasteiger charge is 2.04. The SMILES string of the molecule is CCn1ccc(CNC(C)Cc2ccc(Br)cc2)c1. The van der Waals surface area contributed by atoms with E-state index in [0.29, 0.717) is 6.04 Å². The van der Waals surface area contributed by atoms with Gasteiger partial charge in [-0.25, -0.2) is 0 Å². The van der Waals surface area contributed by atoms with Gasteiger partial charge in [0, 0.05) is 36.0 Å². The van der Waals surface area contributed by atoms with E-state index >= 15 is 0 Å². The minimum Gasteiger partial charge on any atom is -0.354 e. The fourth-order valence-electron chi connectivity index (χ4n) is 2.13. The zero-order valence-electron chi connectivity index (χ0n) is 11.6. The molecule has 1 atom stereocenters. The Kier molecular flexibility index (Phi) is 5.23. The molecule has 1 N–H and O–H groups in total. The van der Waals surface area contributed by atoms with Crippen LogP contribution in [0.4, 0.5) is 0 Å². The molecule has 0 bridgehead atoms. The fourth-order valence-corrected chi connectivity index (χ4v) is 2.39. The molecule has 1 aromatic heterocycles. The first-order valence-corrected chi connectivity index (χ1v) is 7.59. The van der Waals surface area contributed by atoms with Crippen molar-refractivity contribution >= 4 is 15.9 Å². The lowest BCUT2D eigenvalue weighted by Crippen LogP contribution is -2.27. The Morgan fingerprint density at radius 2 is 1.89 bits per heavy atom. The standard InChI is InChI=1S/C16H21BrN2/c1-3-19-9-8-15(12-19)11-18-13(2)10-14-4-6-16(17)7-5-14/h4-9,12-13,18H,3,10-11H2,1-2H3.